The van der Waals surface area contributed by atoms with E-state index in [4.69, 9.17) is 0 Å². The van der Waals surface area contributed by atoms with Crippen LogP contribution in [-0.2, 0) is 44.8 Å². The molecule has 0 rings (SSSR count). The summed E-state index contributed by atoms with van der Waals surface area (Å²) < 4.78 is 0. The summed E-state index contributed by atoms with van der Waals surface area (Å²) in [4.78, 5) is 0. The molecule has 0 N–H and O–H groups in total. The minimum atomic E-state index is 0. The molecule has 0 nitrogen and oxygen atoms in total. The minimum Gasteiger partial charge on any atom is -2.00 e. The number of rotatable bonds is 0. The van der Waals surface area contributed by atoms with Crippen LogP contribution in [-0.4, -0.2) is 51.2 Å². The summed E-state index contributed by atoms with van der Waals surface area (Å²) in [6.45, 7) is 0. The second-order valence-corrected chi connectivity index (χ2v) is 0. The van der Waals surface area contributed by atoms with E-state index in [-0.39, 0.29) is 96.0 Å². The Kier molecular flexibility index (Phi) is 240. The van der Waals surface area contributed by atoms with Crippen molar-refractivity contribution in [1.29, 1.82) is 0 Å². The smallest absolute Gasteiger partial charge is 2.00 e. The maximum atomic E-state index is 0. The molecule has 0 aliphatic carbocycles. The molecule has 5 heteroatoms. The Morgan fingerprint density at radius 1 is 0.600 bits per heavy atom. The molecule has 0 aromatic carbocycles. The largest absolute Gasteiger partial charge is 5.00 e. The summed E-state index contributed by atoms with van der Waals surface area (Å²) in [7, 11) is 0. The van der Waals surface area contributed by atoms with Crippen LogP contribution in [0.1, 0.15) is 0 Å². The van der Waals surface area contributed by atoms with Crippen molar-refractivity contribution >= 4 is 51.2 Å². The first-order valence-corrected chi connectivity index (χ1v) is 0. The molecule has 34 valence electrons. The van der Waals surface area contributed by atoms with Crippen molar-refractivity contribution in [2.75, 3.05) is 0 Å². The fourth-order valence-corrected chi connectivity index (χ4v) is 0. The third-order valence-electron chi connectivity index (χ3n) is 0. The Morgan fingerprint density at radius 3 is 0.600 bits per heavy atom. The van der Waals surface area contributed by atoms with Gasteiger partial charge in [-0.3, -0.25) is 0 Å². The Balaban J connectivity index is 0. The monoisotopic (exact) mass is 440 g/mol. The Morgan fingerprint density at radius 2 is 0.600 bits per heavy atom. The van der Waals surface area contributed by atoms with Crippen molar-refractivity contribution in [3.8, 4) is 0 Å². The molecule has 5 heavy (non-hydrogen) atoms. The molecule has 0 radical (unpaired) electrons. The second-order valence-electron chi connectivity index (χ2n) is 0. The van der Waals surface area contributed by atoms with Crippen LogP contribution >= 0.6 is 0 Å². The standard InChI is InChI=1S/Ag.Nb.3Se/q+1;+5;3*-2. The van der Waals surface area contributed by atoms with Crippen molar-refractivity contribution in [3.05, 3.63) is 0 Å². The van der Waals surface area contributed by atoms with Crippen LogP contribution < -0.4 is 0 Å². The van der Waals surface area contributed by atoms with Crippen LogP contribution in [0.15, 0.2) is 0 Å². The molecular formula is AgNbSe3. The van der Waals surface area contributed by atoms with Gasteiger partial charge in [-0.05, 0) is 0 Å². The van der Waals surface area contributed by atoms with E-state index < -0.39 is 0 Å². The molecule has 0 amide bonds. The molecule has 0 bridgehead atoms. The van der Waals surface area contributed by atoms with Crippen LogP contribution in [0.5, 0.6) is 0 Å². The molecule has 0 aliphatic heterocycles. The van der Waals surface area contributed by atoms with Gasteiger partial charge >= 0.3 is 44.8 Å². The van der Waals surface area contributed by atoms with Crippen LogP contribution in [0.2, 0.25) is 0 Å². The summed E-state index contributed by atoms with van der Waals surface area (Å²) in [6.07, 6.45) is 0. The van der Waals surface area contributed by atoms with Gasteiger partial charge in [-0.25, -0.2) is 0 Å². The van der Waals surface area contributed by atoms with Gasteiger partial charge in [-0.1, -0.05) is 0 Å². The maximum absolute atomic E-state index is 0. The van der Waals surface area contributed by atoms with E-state index in [1.807, 2.05) is 0 Å². The van der Waals surface area contributed by atoms with E-state index in [2.05, 4.69) is 0 Å². The average molecular weight is 438 g/mol. The zero-order valence-corrected chi connectivity index (χ0v) is 10.8. The quantitative estimate of drug-likeness (QED) is 0.420. The molecule has 0 aromatic heterocycles. The van der Waals surface area contributed by atoms with Crippen molar-refractivity contribution in [2.24, 2.45) is 0 Å². The predicted molar refractivity (Wildman–Crippen MR) is 17.3 cm³/mol. The summed E-state index contributed by atoms with van der Waals surface area (Å²) in [5.41, 5.74) is 0. The van der Waals surface area contributed by atoms with E-state index in [9.17, 15) is 0 Å². The van der Waals surface area contributed by atoms with Crippen LogP contribution in [0, 0.1) is 0 Å². The molecule has 0 spiro atoms. The van der Waals surface area contributed by atoms with Gasteiger partial charge in [0.05, 0.1) is 0 Å². The topological polar surface area (TPSA) is 0 Å². The minimum absolute atomic E-state index is 0. The normalized spacial score (nSPS) is 0. The fraction of sp³-hybridized carbons (Fsp3) is 0. The molecule has 0 aliphatic rings. The van der Waals surface area contributed by atoms with E-state index in [1.54, 1.807) is 0 Å². The van der Waals surface area contributed by atoms with E-state index in [0.29, 0.717) is 0 Å². The van der Waals surface area contributed by atoms with Gasteiger partial charge in [0.1, 0.15) is 0 Å². The van der Waals surface area contributed by atoms with Crippen LogP contribution in [0.25, 0.3) is 0 Å². The van der Waals surface area contributed by atoms with Gasteiger partial charge < -0.3 is 51.2 Å². The number of hydrogen-bond donors (Lipinski definition) is 0. The molecule has 0 heterocycles. The Hall–Kier alpha value is 3.04. The molecule has 0 saturated carbocycles. The molecule has 0 atom stereocenters. The summed E-state index contributed by atoms with van der Waals surface area (Å²) in [5, 5.41) is 0. The van der Waals surface area contributed by atoms with Gasteiger partial charge in [0.2, 0.25) is 0 Å². The first kappa shape index (κ1) is 43.1. The fourth-order valence-electron chi connectivity index (χ4n) is 0. The number of hydrogen-bond acceptors (Lipinski definition) is 0. The van der Waals surface area contributed by atoms with Gasteiger partial charge in [0, 0.05) is 0 Å². The maximum Gasteiger partial charge on any atom is 5.00 e. The first-order chi connectivity index (χ1) is 0. The second kappa shape index (κ2) is 27.8. The summed E-state index contributed by atoms with van der Waals surface area (Å²) >= 11 is 0. The summed E-state index contributed by atoms with van der Waals surface area (Å²) in [6, 6.07) is 0. The van der Waals surface area contributed by atoms with Crippen molar-refractivity contribution in [1.82, 2.24) is 0 Å². The third kappa shape index (κ3) is 19.4. The van der Waals surface area contributed by atoms with Crippen molar-refractivity contribution < 1.29 is 44.8 Å². The van der Waals surface area contributed by atoms with E-state index in [1.165, 1.54) is 0 Å². The zero-order valence-electron chi connectivity index (χ0n) is 1.97. The van der Waals surface area contributed by atoms with E-state index in [0.717, 1.165) is 0 Å². The SMILES string of the molecule is [Ag+].[Nb+5].[Se-2].[Se-2].[Se-2]. The molecule has 0 saturated heterocycles. The molecule has 0 aromatic rings. The van der Waals surface area contributed by atoms with Crippen molar-refractivity contribution in [3.63, 3.8) is 0 Å². The van der Waals surface area contributed by atoms with Crippen LogP contribution in [0.3, 0.4) is 0 Å². The summed E-state index contributed by atoms with van der Waals surface area (Å²) in [5.74, 6) is 0. The first-order valence-electron chi connectivity index (χ1n) is 0. The molecular weight excluding hydrogens is 438 g/mol. The van der Waals surface area contributed by atoms with E-state index >= 15 is 0 Å². The Bertz CT molecular complexity index is 6.85. The molecule has 0 unspecified atom stereocenters. The predicted octanol–water partition coefficient (Wildman–Crippen LogP) is -1.15. The van der Waals surface area contributed by atoms with Gasteiger partial charge in [0.25, 0.3) is 0 Å². The van der Waals surface area contributed by atoms with Crippen LogP contribution in [0.4, 0.5) is 0 Å². The Labute approximate surface area is 94.4 Å². The third-order valence-corrected chi connectivity index (χ3v) is 0. The van der Waals surface area contributed by atoms with Gasteiger partial charge in [0.15, 0.2) is 0 Å². The zero-order chi connectivity index (χ0) is 0. The van der Waals surface area contributed by atoms with Gasteiger partial charge in [-0.2, -0.15) is 0 Å². The van der Waals surface area contributed by atoms with Gasteiger partial charge in [-0.15, -0.1) is 0 Å². The average Bonchev–Trinajstić information content (AvgIpc) is 0. The molecule has 0 fully saturated rings. The van der Waals surface area contributed by atoms with Crippen molar-refractivity contribution in [2.45, 2.75) is 0 Å².